The lowest BCUT2D eigenvalue weighted by Crippen LogP contribution is -2.60. The summed E-state index contributed by atoms with van der Waals surface area (Å²) in [6.07, 6.45) is -17.4. The van der Waals surface area contributed by atoms with Gasteiger partial charge in [0, 0.05) is 12.3 Å². The number of aliphatic hydroxyl groups excluding tert-OH is 5. The molecule has 2 aliphatic heterocycles. The van der Waals surface area contributed by atoms with Crippen LogP contribution in [0.4, 0.5) is 0 Å². The average molecular weight is 674 g/mol. The van der Waals surface area contributed by atoms with E-state index in [9.17, 15) is 68.3 Å². The van der Waals surface area contributed by atoms with E-state index in [-0.39, 0.29) is 0 Å². The summed E-state index contributed by atoms with van der Waals surface area (Å²) in [6, 6.07) is 0.885. The molecule has 2 aliphatic rings. The minimum Gasteiger partial charge on any atom is -0.467 e. The SMILES string of the molecule is COC(=O)[C@@H]1O[C@H](OP(=O)(O)OP(=O)(O)OP(=O)(O)OC[C@H]2O[C@@H](n3ccc(=O)[nH]c3=O)[C@H](O)[C@@H]2O)[C@H](O)[C@@H](O)[C@@H]1O. The molecule has 9 N–H and O–H groups in total. The fourth-order valence-corrected chi connectivity index (χ4v) is 7.18. The Morgan fingerprint density at radius 1 is 0.905 bits per heavy atom. The van der Waals surface area contributed by atoms with E-state index in [1.54, 1.807) is 0 Å². The van der Waals surface area contributed by atoms with Gasteiger partial charge in [0.1, 0.15) is 36.6 Å². The molecule has 1 aromatic heterocycles. The molecule has 12 atom stereocenters. The number of hydrogen-bond donors (Lipinski definition) is 9. The molecule has 0 saturated carbocycles. The summed E-state index contributed by atoms with van der Waals surface area (Å²) in [5.41, 5.74) is -1.84. The Morgan fingerprint density at radius 3 is 2.12 bits per heavy atom. The molecule has 0 aliphatic carbocycles. The lowest BCUT2D eigenvalue weighted by Gasteiger charge is -2.38. The van der Waals surface area contributed by atoms with E-state index in [2.05, 4.69) is 22.4 Å². The molecule has 2 fully saturated rings. The van der Waals surface area contributed by atoms with E-state index >= 15 is 0 Å². The summed E-state index contributed by atoms with van der Waals surface area (Å²) in [4.78, 5) is 66.0. The zero-order valence-electron chi connectivity index (χ0n) is 20.7. The Morgan fingerprint density at radius 2 is 1.52 bits per heavy atom. The van der Waals surface area contributed by atoms with Crippen molar-refractivity contribution < 1.29 is 90.6 Å². The molecular weight excluding hydrogens is 649 g/mol. The lowest BCUT2D eigenvalue weighted by molar-refractivity contribution is -0.274. The van der Waals surface area contributed by atoms with Crippen molar-refractivity contribution in [3.63, 3.8) is 0 Å². The first kappa shape index (κ1) is 34.8. The fourth-order valence-electron chi connectivity index (χ4n) is 3.59. The number of nitrogens with zero attached hydrogens (tertiary/aromatic N) is 1. The van der Waals surface area contributed by atoms with E-state index in [1.165, 1.54) is 0 Å². The normalized spacial score (nSPS) is 36.0. The second-order valence-corrected chi connectivity index (χ2v) is 13.0. The number of phosphoric ester groups is 2. The molecule has 0 bridgehead atoms. The van der Waals surface area contributed by atoms with Crippen LogP contribution in [0.3, 0.4) is 0 Å². The first-order chi connectivity index (χ1) is 19.3. The van der Waals surface area contributed by atoms with Gasteiger partial charge in [-0.15, -0.1) is 0 Å². The highest BCUT2D eigenvalue weighted by Crippen LogP contribution is 2.68. The summed E-state index contributed by atoms with van der Waals surface area (Å²) >= 11 is 0. The average Bonchev–Trinajstić information content (AvgIpc) is 3.14. The van der Waals surface area contributed by atoms with Crippen molar-refractivity contribution in [3.05, 3.63) is 33.1 Å². The number of ether oxygens (including phenoxy) is 3. The van der Waals surface area contributed by atoms with Crippen LogP contribution in [0.25, 0.3) is 0 Å². The molecule has 0 amide bonds. The lowest BCUT2D eigenvalue weighted by atomic mass is 9.99. The number of esters is 1. The van der Waals surface area contributed by atoms with Crippen LogP contribution in [0.15, 0.2) is 21.9 Å². The third-order valence-corrected chi connectivity index (χ3v) is 9.77. The highest BCUT2D eigenvalue weighted by atomic mass is 31.3. The molecule has 0 aromatic carbocycles. The second kappa shape index (κ2) is 13.1. The van der Waals surface area contributed by atoms with E-state index in [0.29, 0.717) is 4.57 Å². The van der Waals surface area contributed by atoms with E-state index in [0.717, 1.165) is 19.4 Å². The molecule has 0 radical (unpaired) electrons. The maximum absolute atomic E-state index is 12.2. The zero-order valence-corrected chi connectivity index (χ0v) is 23.4. The number of phosphoric acid groups is 3. The first-order valence-electron chi connectivity index (χ1n) is 11.1. The molecule has 3 heterocycles. The standard InChI is InChI=1S/C16H25N2O21P3/c1-33-14(25)12-9(22)8(21)11(24)15(36-12)37-41(29,30)39-42(31,32)38-40(27,28)34-4-5-7(20)10(23)13(35-5)18-3-2-6(19)17-16(18)26/h2-3,5,7-13,15,20-24H,4H2,1H3,(H,27,28)(H,29,30)(H,31,32)(H,17,19,26)/t5-,7-,8+,9+,10-,11-,12-,13-,15-/m1/s1. The molecule has 3 rings (SSSR count). The summed E-state index contributed by atoms with van der Waals surface area (Å²) in [7, 11) is -16.9. The molecule has 0 spiro atoms. The highest BCUT2D eigenvalue weighted by molar-refractivity contribution is 7.66. The van der Waals surface area contributed by atoms with Crippen LogP contribution < -0.4 is 11.2 Å². The van der Waals surface area contributed by atoms with Crippen LogP contribution >= 0.6 is 23.5 Å². The van der Waals surface area contributed by atoms with Crippen molar-refractivity contribution >= 4 is 29.4 Å². The third-order valence-electron chi connectivity index (χ3n) is 5.52. The van der Waals surface area contributed by atoms with Crippen molar-refractivity contribution in [3.8, 4) is 0 Å². The zero-order chi connectivity index (χ0) is 31.8. The minimum atomic E-state index is -6.10. The smallest absolute Gasteiger partial charge is 0.467 e. The van der Waals surface area contributed by atoms with Crippen LogP contribution in [0.5, 0.6) is 0 Å². The minimum absolute atomic E-state index is 0.666. The van der Waals surface area contributed by atoms with Crippen LogP contribution in [-0.2, 0) is 50.4 Å². The van der Waals surface area contributed by atoms with E-state index in [4.69, 9.17) is 9.47 Å². The highest BCUT2D eigenvalue weighted by Gasteiger charge is 2.52. The van der Waals surface area contributed by atoms with Gasteiger partial charge in [-0.3, -0.25) is 23.4 Å². The number of hydrogen-bond acceptors (Lipinski definition) is 18. The first-order valence-corrected chi connectivity index (χ1v) is 15.6. The Balaban J connectivity index is 1.62. The number of aromatic nitrogens is 2. The Labute approximate surface area is 232 Å². The monoisotopic (exact) mass is 674 g/mol. The quantitative estimate of drug-likeness (QED) is 0.0788. The topological polar surface area (TPSA) is 350 Å². The summed E-state index contributed by atoms with van der Waals surface area (Å²) in [6.45, 7) is -1.16. The third kappa shape index (κ3) is 8.25. The maximum atomic E-state index is 12.2. The number of carbonyl (C=O) groups is 1. The Bertz CT molecular complexity index is 1400. The molecular formula is C16H25N2O21P3. The summed E-state index contributed by atoms with van der Waals surface area (Å²) in [5, 5.41) is 49.8. The van der Waals surface area contributed by atoms with Gasteiger partial charge in [-0.2, -0.15) is 8.62 Å². The van der Waals surface area contributed by atoms with Crippen LogP contribution in [0.2, 0.25) is 0 Å². The number of methoxy groups -OCH3 is 1. The molecule has 23 nitrogen and oxygen atoms in total. The molecule has 26 heteroatoms. The summed E-state index contributed by atoms with van der Waals surface area (Å²) < 4.78 is 67.9. The molecule has 240 valence electrons. The fraction of sp³-hybridized carbons (Fsp3) is 0.688. The van der Waals surface area contributed by atoms with Crippen LogP contribution in [0, 0.1) is 0 Å². The van der Waals surface area contributed by atoms with Crippen LogP contribution in [0.1, 0.15) is 6.23 Å². The molecule has 1 aromatic rings. The summed E-state index contributed by atoms with van der Waals surface area (Å²) in [5.74, 6) is -1.33. The Hall–Kier alpha value is -1.72. The van der Waals surface area contributed by atoms with E-state index in [1.807, 2.05) is 4.98 Å². The second-order valence-electron chi connectivity index (χ2n) is 8.45. The maximum Gasteiger partial charge on any atom is 0.490 e. The van der Waals surface area contributed by atoms with Gasteiger partial charge in [-0.05, 0) is 0 Å². The predicted octanol–water partition coefficient (Wildman–Crippen LogP) is -4.50. The number of carbonyl (C=O) groups excluding carboxylic acids is 1. The number of nitrogens with one attached hydrogen (secondary N) is 1. The molecule has 3 unspecified atom stereocenters. The van der Waals surface area contributed by atoms with Gasteiger partial charge in [0.15, 0.2) is 18.6 Å². The van der Waals surface area contributed by atoms with Crippen molar-refractivity contribution in [2.75, 3.05) is 13.7 Å². The molecule has 2 saturated heterocycles. The molecule has 42 heavy (non-hydrogen) atoms. The van der Waals surface area contributed by atoms with Gasteiger partial charge in [0.25, 0.3) is 5.56 Å². The van der Waals surface area contributed by atoms with Gasteiger partial charge < -0.3 is 54.4 Å². The number of rotatable bonds is 11. The van der Waals surface area contributed by atoms with Gasteiger partial charge in [0.05, 0.1) is 13.7 Å². The van der Waals surface area contributed by atoms with E-state index < -0.39 is 103 Å². The van der Waals surface area contributed by atoms with Gasteiger partial charge in [-0.25, -0.2) is 23.3 Å². The van der Waals surface area contributed by atoms with Crippen molar-refractivity contribution in [2.45, 2.75) is 55.2 Å². The number of H-pyrrole nitrogens is 1. The number of aromatic amines is 1. The van der Waals surface area contributed by atoms with Gasteiger partial charge in [-0.1, -0.05) is 0 Å². The van der Waals surface area contributed by atoms with Gasteiger partial charge in [0.2, 0.25) is 0 Å². The van der Waals surface area contributed by atoms with Crippen molar-refractivity contribution in [1.29, 1.82) is 0 Å². The predicted molar refractivity (Wildman–Crippen MR) is 125 cm³/mol. The van der Waals surface area contributed by atoms with Gasteiger partial charge >= 0.3 is 35.1 Å². The number of aliphatic hydroxyl groups is 5. The largest absolute Gasteiger partial charge is 0.490 e. The van der Waals surface area contributed by atoms with Crippen molar-refractivity contribution in [2.24, 2.45) is 0 Å². The van der Waals surface area contributed by atoms with Crippen molar-refractivity contribution in [1.82, 2.24) is 9.55 Å². The Kier molecular flexibility index (Phi) is 10.8. The van der Waals surface area contributed by atoms with Crippen LogP contribution in [-0.4, -0.2) is 118 Å².